The molecule has 1 aliphatic heterocycles. The minimum absolute atomic E-state index is 0.108. The molecule has 0 fully saturated rings. The van der Waals surface area contributed by atoms with Crippen LogP contribution in [0.1, 0.15) is 24.3 Å². The number of hydrogen-bond acceptors (Lipinski definition) is 4. The van der Waals surface area contributed by atoms with Crippen molar-refractivity contribution in [1.82, 2.24) is 9.78 Å². The van der Waals surface area contributed by atoms with Gasteiger partial charge in [-0.25, -0.2) is 4.68 Å². The van der Waals surface area contributed by atoms with E-state index < -0.39 is 0 Å². The number of ether oxygens (including phenoxy) is 2. The van der Waals surface area contributed by atoms with Crippen molar-refractivity contribution in [1.29, 1.82) is 0 Å². The quantitative estimate of drug-likeness (QED) is 0.709. The predicted molar refractivity (Wildman–Crippen MR) is 103 cm³/mol. The number of para-hydroxylation sites is 3. The monoisotopic (exact) mass is 363 g/mol. The van der Waals surface area contributed by atoms with Crippen molar-refractivity contribution >= 4 is 11.6 Å². The third-order valence-corrected chi connectivity index (χ3v) is 4.47. The van der Waals surface area contributed by atoms with Gasteiger partial charge in [0.1, 0.15) is 12.4 Å². The lowest BCUT2D eigenvalue weighted by Gasteiger charge is -2.34. The van der Waals surface area contributed by atoms with Crippen LogP contribution in [0.2, 0.25) is 0 Å². The van der Waals surface area contributed by atoms with Crippen molar-refractivity contribution in [3.8, 4) is 17.2 Å². The van der Waals surface area contributed by atoms with Crippen LogP contribution in [0.3, 0.4) is 0 Å². The molecule has 0 radical (unpaired) electrons. The third-order valence-electron chi connectivity index (χ3n) is 4.47. The van der Waals surface area contributed by atoms with Gasteiger partial charge in [-0.3, -0.25) is 9.69 Å². The molecular weight excluding hydrogens is 342 g/mol. The molecule has 0 saturated carbocycles. The molecule has 6 nitrogen and oxygen atoms in total. The Morgan fingerprint density at radius 3 is 2.70 bits per heavy atom. The van der Waals surface area contributed by atoms with E-state index in [0.717, 1.165) is 11.4 Å². The summed E-state index contributed by atoms with van der Waals surface area (Å²) in [5, 5.41) is 4.54. The van der Waals surface area contributed by atoms with Crippen molar-refractivity contribution in [2.24, 2.45) is 0 Å². The molecule has 1 aromatic heterocycles. The Kier molecular flexibility index (Phi) is 4.54. The first-order valence-corrected chi connectivity index (χ1v) is 9.02. The molecule has 1 amide bonds. The van der Waals surface area contributed by atoms with Gasteiger partial charge in [-0.1, -0.05) is 30.3 Å². The maximum Gasteiger partial charge on any atom is 0.283 e. The largest absolute Gasteiger partial charge is 0.490 e. The lowest BCUT2D eigenvalue weighted by molar-refractivity contribution is 0.0952. The molecule has 1 aliphatic rings. The van der Waals surface area contributed by atoms with Crippen LogP contribution in [0.5, 0.6) is 11.5 Å². The fourth-order valence-electron chi connectivity index (χ4n) is 3.20. The topological polar surface area (TPSA) is 56.6 Å². The van der Waals surface area contributed by atoms with Crippen molar-refractivity contribution in [2.45, 2.75) is 19.9 Å². The highest BCUT2D eigenvalue weighted by atomic mass is 16.5. The van der Waals surface area contributed by atoms with Crippen LogP contribution in [0.15, 0.2) is 60.8 Å². The number of anilines is 1. The van der Waals surface area contributed by atoms with Crippen LogP contribution in [-0.2, 0) is 0 Å². The van der Waals surface area contributed by atoms with Gasteiger partial charge < -0.3 is 9.47 Å². The van der Waals surface area contributed by atoms with Crippen LogP contribution in [0, 0.1) is 0 Å². The minimum Gasteiger partial charge on any atom is -0.490 e. The minimum atomic E-state index is -0.198. The average Bonchev–Trinajstić information content (AvgIpc) is 3.12. The van der Waals surface area contributed by atoms with Crippen molar-refractivity contribution in [3.05, 3.63) is 66.5 Å². The van der Waals surface area contributed by atoms with Crippen LogP contribution in [-0.4, -0.2) is 34.9 Å². The Morgan fingerprint density at radius 2 is 1.93 bits per heavy atom. The fourth-order valence-corrected chi connectivity index (χ4v) is 3.20. The number of fused-ring (bicyclic) bond motifs is 1. The molecule has 0 aliphatic carbocycles. The van der Waals surface area contributed by atoms with Gasteiger partial charge in [0.15, 0.2) is 11.4 Å². The summed E-state index contributed by atoms with van der Waals surface area (Å²) < 4.78 is 13.1. The number of rotatable bonds is 4. The summed E-state index contributed by atoms with van der Waals surface area (Å²) >= 11 is 0. The smallest absolute Gasteiger partial charge is 0.283 e. The number of carbonyl (C=O) groups is 1. The van der Waals surface area contributed by atoms with E-state index in [4.69, 9.17) is 9.47 Å². The van der Waals surface area contributed by atoms with E-state index in [-0.39, 0.29) is 11.9 Å². The van der Waals surface area contributed by atoms with Crippen LogP contribution < -0.4 is 14.4 Å². The Hall–Kier alpha value is -3.28. The highest BCUT2D eigenvalue weighted by Gasteiger charge is 2.33. The summed E-state index contributed by atoms with van der Waals surface area (Å²) in [6, 6.07) is 17.1. The van der Waals surface area contributed by atoms with E-state index >= 15 is 0 Å². The predicted octanol–water partition coefficient (Wildman–Crippen LogP) is 3.70. The van der Waals surface area contributed by atoms with Gasteiger partial charge in [-0.05, 0) is 38.1 Å². The Morgan fingerprint density at radius 1 is 1.19 bits per heavy atom. The molecule has 138 valence electrons. The first kappa shape index (κ1) is 17.1. The second-order valence-electron chi connectivity index (χ2n) is 6.36. The molecule has 1 atom stereocenters. The molecule has 2 aromatic carbocycles. The molecule has 0 spiro atoms. The zero-order valence-electron chi connectivity index (χ0n) is 15.3. The van der Waals surface area contributed by atoms with Gasteiger partial charge in [0.25, 0.3) is 5.91 Å². The number of amides is 1. The molecular formula is C21H21N3O3. The normalized spacial score (nSPS) is 15.8. The molecule has 0 saturated heterocycles. The highest BCUT2D eigenvalue weighted by Crippen LogP contribution is 2.35. The summed E-state index contributed by atoms with van der Waals surface area (Å²) in [7, 11) is 0. The van der Waals surface area contributed by atoms with Crippen LogP contribution in [0.4, 0.5) is 5.69 Å². The second kappa shape index (κ2) is 7.15. The molecule has 2 heterocycles. The van der Waals surface area contributed by atoms with Crippen LogP contribution in [0.25, 0.3) is 5.69 Å². The van der Waals surface area contributed by atoms with Gasteiger partial charge in [0, 0.05) is 0 Å². The number of carbonyl (C=O) groups excluding carboxylic acids is 1. The lowest BCUT2D eigenvalue weighted by Crippen LogP contribution is -2.45. The zero-order valence-corrected chi connectivity index (χ0v) is 15.3. The lowest BCUT2D eigenvalue weighted by atomic mass is 10.1. The third kappa shape index (κ3) is 3.14. The number of hydrogen-bond donors (Lipinski definition) is 0. The molecule has 6 heteroatoms. The molecule has 3 aromatic rings. The molecule has 0 unspecified atom stereocenters. The molecule has 4 rings (SSSR count). The highest BCUT2D eigenvalue weighted by molar-refractivity contribution is 6.08. The van der Waals surface area contributed by atoms with E-state index in [1.54, 1.807) is 15.8 Å². The maximum atomic E-state index is 13.4. The maximum absolute atomic E-state index is 13.4. The second-order valence-corrected chi connectivity index (χ2v) is 6.36. The number of benzene rings is 2. The summed E-state index contributed by atoms with van der Waals surface area (Å²) in [5.74, 6) is 0.975. The average molecular weight is 363 g/mol. The van der Waals surface area contributed by atoms with Gasteiger partial charge in [0.05, 0.1) is 30.2 Å². The van der Waals surface area contributed by atoms with E-state index in [0.29, 0.717) is 30.4 Å². The molecule has 0 bridgehead atoms. The first-order valence-electron chi connectivity index (χ1n) is 9.02. The summed E-state index contributed by atoms with van der Waals surface area (Å²) in [6.07, 6.45) is 1.75. The zero-order chi connectivity index (χ0) is 18.8. The van der Waals surface area contributed by atoms with Gasteiger partial charge in [-0.15, -0.1) is 0 Å². The van der Waals surface area contributed by atoms with Crippen molar-refractivity contribution in [2.75, 3.05) is 18.1 Å². The number of aromatic nitrogens is 2. The van der Waals surface area contributed by atoms with Crippen molar-refractivity contribution < 1.29 is 14.3 Å². The van der Waals surface area contributed by atoms with Gasteiger partial charge in [0.2, 0.25) is 0 Å². The Bertz CT molecular complexity index is 952. The SMILES string of the molecule is CCOc1cn(-c2ccccc2)nc1C(=O)N1c2ccccc2OC[C@H]1C. The fraction of sp³-hybridized carbons (Fsp3) is 0.238. The number of nitrogens with zero attached hydrogens (tertiary/aromatic N) is 3. The Labute approximate surface area is 157 Å². The van der Waals surface area contributed by atoms with E-state index in [1.807, 2.05) is 68.4 Å². The van der Waals surface area contributed by atoms with Gasteiger partial charge in [-0.2, -0.15) is 5.10 Å². The first-order chi connectivity index (χ1) is 13.2. The standard InChI is InChI=1S/C21H21N3O3/c1-3-26-19-13-23(16-9-5-4-6-10-16)22-20(19)21(25)24-15(2)14-27-18-12-8-7-11-17(18)24/h4-13,15H,3,14H2,1-2H3/t15-/m1/s1. The van der Waals surface area contributed by atoms with E-state index in [1.165, 1.54) is 0 Å². The summed E-state index contributed by atoms with van der Waals surface area (Å²) in [6.45, 7) is 4.74. The molecule has 0 N–H and O–H groups in total. The Balaban J connectivity index is 1.76. The van der Waals surface area contributed by atoms with E-state index in [2.05, 4.69) is 5.10 Å². The van der Waals surface area contributed by atoms with Crippen LogP contribution >= 0.6 is 0 Å². The molecule has 27 heavy (non-hydrogen) atoms. The van der Waals surface area contributed by atoms with E-state index in [9.17, 15) is 4.79 Å². The van der Waals surface area contributed by atoms with Crippen molar-refractivity contribution in [3.63, 3.8) is 0 Å². The van der Waals surface area contributed by atoms with Gasteiger partial charge >= 0.3 is 0 Å². The summed E-state index contributed by atoms with van der Waals surface area (Å²) in [5.41, 5.74) is 1.91. The summed E-state index contributed by atoms with van der Waals surface area (Å²) in [4.78, 5) is 15.2.